The summed E-state index contributed by atoms with van der Waals surface area (Å²) in [5, 5.41) is 11.6. The molecule has 0 saturated heterocycles. The highest BCUT2D eigenvalue weighted by Gasteiger charge is 2.09. The predicted molar refractivity (Wildman–Crippen MR) is 79.1 cm³/mol. The first-order valence-electron chi connectivity index (χ1n) is 6.91. The minimum Gasteiger partial charge on any atom is -0.492 e. The van der Waals surface area contributed by atoms with Crippen molar-refractivity contribution >= 4 is 6.03 Å². The molecule has 5 nitrogen and oxygen atoms in total. The molecule has 0 aliphatic carbocycles. The minimum atomic E-state index is -0.175. The molecule has 1 aromatic rings. The molecule has 0 unspecified atom stereocenters. The monoisotopic (exact) mass is 280 g/mol. The summed E-state index contributed by atoms with van der Waals surface area (Å²) >= 11 is 0. The third kappa shape index (κ3) is 5.48. The van der Waals surface area contributed by atoms with Crippen LogP contribution in [0.3, 0.4) is 0 Å². The lowest BCUT2D eigenvalue weighted by molar-refractivity contribution is 0.178. The SMILES string of the molecule is CCN(CCO)C(=O)NCCOc1cc(C)cc(C)c1. The minimum absolute atomic E-state index is 0.0275. The van der Waals surface area contributed by atoms with Crippen molar-refractivity contribution in [3.05, 3.63) is 29.3 Å². The molecule has 0 aliphatic heterocycles. The van der Waals surface area contributed by atoms with Gasteiger partial charge < -0.3 is 20.1 Å². The molecule has 0 radical (unpaired) electrons. The number of ether oxygens (including phenoxy) is 1. The molecule has 0 fully saturated rings. The van der Waals surface area contributed by atoms with E-state index in [0.717, 1.165) is 16.9 Å². The molecule has 112 valence electrons. The van der Waals surface area contributed by atoms with Crippen molar-refractivity contribution in [2.45, 2.75) is 20.8 Å². The molecule has 0 aliphatic rings. The molecular formula is C15H24N2O3. The van der Waals surface area contributed by atoms with E-state index in [1.165, 1.54) is 0 Å². The van der Waals surface area contributed by atoms with Gasteiger partial charge in [-0.2, -0.15) is 0 Å². The Morgan fingerprint density at radius 3 is 2.50 bits per heavy atom. The largest absolute Gasteiger partial charge is 0.492 e. The molecule has 0 bridgehead atoms. The fourth-order valence-corrected chi connectivity index (χ4v) is 1.98. The number of nitrogens with one attached hydrogen (secondary N) is 1. The Balaban J connectivity index is 2.32. The van der Waals surface area contributed by atoms with Crippen molar-refractivity contribution in [2.75, 3.05) is 32.8 Å². The molecular weight excluding hydrogens is 256 g/mol. The number of benzene rings is 1. The van der Waals surface area contributed by atoms with Gasteiger partial charge in [-0.1, -0.05) is 6.07 Å². The molecule has 2 amide bonds. The van der Waals surface area contributed by atoms with Crippen LogP contribution < -0.4 is 10.1 Å². The standard InChI is InChI=1S/C15H24N2O3/c1-4-17(6-7-18)15(19)16-5-8-20-14-10-12(2)9-13(3)11-14/h9-11,18H,4-8H2,1-3H3,(H,16,19). The van der Waals surface area contributed by atoms with Crippen LogP contribution in [0.5, 0.6) is 5.75 Å². The highest BCUT2D eigenvalue weighted by atomic mass is 16.5. The molecule has 0 atom stereocenters. The lowest BCUT2D eigenvalue weighted by Gasteiger charge is -2.20. The Morgan fingerprint density at radius 2 is 1.95 bits per heavy atom. The van der Waals surface area contributed by atoms with Crippen LogP contribution in [-0.2, 0) is 0 Å². The van der Waals surface area contributed by atoms with E-state index < -0.39 is 0 Å². The molecule has 1 aromatic carbocycles. The maximum Gasteiger partial charge on any atom is 0.317 e. The number of rotatable bonds is 7. The molecule has 0 heterocycles. The zero-order valence-electron chi connectivity index (χ0n) is 12.5. The van der Waals surface area contributed by atoms with E-state index in [0.29, 0.717) is 26.2 Å². The number of amides is 2. The van der Waals surface area contributed by atoms with E-state index in [1.54, 1.807) is 4.90 Å². The number of hydrogen-bond acceptors (Lipinski definition) is 3. The van der Waals surface area contributed by atoms with Crippen LogP contribution in [0.2, 0.25) is 0 Å². The van der Waals surface area contributed by atoms with E-state index in [-0.39, 0.29) is 12.6 Å². The van der Waals surface area contributed by atoms with Crippen LogP contribution in [0.25, 0.3) is 0 Å². The summed E-state index contributed by atoms with van der Waals surface area (Å²) < 4.78 is 5.61. The average molecular weight is 280 g/mol. The first-order valence-corrected chi connectivity index (χ1v) is 6.91. The molecule has 2 N–H and O–H groups in total. The summed E-state index contributed by atoms with van der Waals surface area (Å²) in [6, 6.07) is 5.85. The maximum atomic E-state index is 11.7. The Kier molecular flexibility index (Phi) is 6.87. The van der Waals surface area contributed by atoms with Crippen LogP contribution in [0.4, 0.5) is 4.79 Å². The van der Waals surface area contributed by atoms with Crippen LogP contribution in [0.15, 0.2) is 18.2 Å². The third-order valence-corrected chi connectivity index (χ3v) is 2.88. The number of carbonyl (C=O) groups is 1. The van der Waals surface area contributed by atoms with Gasteiger partial charge in [0.05, 0.1) is 13.2 Å². The lowest BCUT2D eigenvalue weighted by Crippen LogP contribution is -2.42. The average Bonchev–Trinajstić information content (AvgIpc) is 2.39. The van der Waals surface area contributed by atoms with Crippen LogP contribution in [0, 0.1) is 13.8 Å². The first-order chi connectivity index (χ1) is 9.56. The Hall–Kier alpha value is -1.75. The molecule has 0 spiro atoms. The highest BCUT2D eigenvalue weighted by Crippen LogP contribution is 2.15. The molecule has 0 aromatic heterocycles. The van der Waals surface area contributed by atoms with E-state index in [1.807, 2.05) is 32.9 Å². The number of nitrogens with zero attached hydrogens (tertiary/aromatic N) is 1. The van der Waals surface area contributed by atoms with Gasteiger partial charge in [-0.05, 0) is 44.0 Å². The number of likely N-dealkylation sites (N-methyl/N-ethyl adjacent to an activating group) is 1. The summed E-state index contributed by atoms with van der Waals surface area (Å²) in [5.41, 5.74) is 2.31. The van der Waals surface area contributed by atoms with Crippen molar-refractivity contribution in [1.82, 2.24) is 10.2 Å². The predicted octanol–water partition coefficient (Wildman–Crippen LogP) is 1.71. The smallest absolute Gasteiger partial charge is 0.317 e. The van der Waals surface area contributed by atoms with Gasteiger partial charge in [0, 0.05) is 13.1 Å². The first kappa shape index (κ1) is 16.3. The molecule has 1 rings (SSSR count). The van der Waals surface area contributed by atoms with Gasteiger partial charge in [-0.15, -0.1) is 0 Å². The quantitative estimate of drug-likeness (QED) is 0.747. The van der Waals surface area contributed by atoms with Gasteiger partial charge in [-0.25, -0.2) is 4.79 Å². The van der Waals surface area contributed by atoms with E-state index in [9.17, 15) is 4.79 Å². The van der Waals surface area contributed by atoms with Gasteiger partial charge in [0.15, 0.2) is 0 Å². The summed E-state index contributed by atoms with van der Waals surface area (Å²) in [6.07, 6.45) is 0. The summed E-state index contributed by atoms with van der Waals surface area (Å²) in [6.45, 7) is 7.68. The number of aryl methyl sites for hydroxylation is 2. The number of urea groups is 1. The van der Waals surface area contributed by atoms with E-state index >= 15 is 0 Å². The number of hydrogen-bond donors (Lipinski definition) is 2. The van der Waals surface area contributed by atoms with Crippen LogP contribution >= 0.6 is 0 Å². The van der Waals surface area contributed by atoms with E-state index in [4.69, 9.17) is 9.84 Å². The van der Waals surface area contributed by atoms with Gasteiger partial charge >= 0.3 is 6.03 Å². The molecule has 5 heteroatoms. The van der Waals surface area contributed by atoms with Crippen LogP contribution in [0.1, 0.15) is 18.1 Å². The number of aliphatic hydroxyl groups excluding tert-OH is 1. The normalized spacial score (nSPS) is 10.2. The molecule has 20 heavy (non-hydrogen) atoms. The van der Waals surface area contributed by atoms with Gasteiger partial charge in [0.2, 0.25) is 0 Å². The maximum absolute atomic E-state index is 11.7. The van der Waals surface area contributed by atoms with Crippen molar-refractivity contribution in [1.29, 1.82) is 0 Å². The summed E-state index contributed by atoms with van der Waals surface area (Å²) in [4.78, 5) is 13.3. The van der Waals surface area contributed by atoms with Gasteiger partial charge in [-0.3, -0.25) is 0 Å². The second-order valence-corrected chi connectivity index (χ2v) is 4.71. The fraction of sp³-hybridized carbons (Fsp3) is 0.533. The summed E-state index contributed by atoms with van der Waals surface area (Å²) in [5.74, 6) is 0.819. The second kappa shape index (κ2) is 8.43. The third-order valence-electron chi connectivity index (χ3n) is 2.88. The Morgan fingerprint density at radius 1 is 1.30 bits per heavy atom. The number of aliphatic hydroxyl groups is 1. The zero-order chi connectivity index (χ0) is 15.0. The van der Waals surface area contributed by atoms with Gasteiger partial charge in [0.25, 0.3) is 0 Å². The zero-order valence-corrected chi connectivity index (χ0v) is 12.5. The van der Waals surface area contributed by atoms with Crippen molar-refractivity contribution < 1.29 is 14.6 Å². The van der Waals surface area contributed by atoms with Gasteiger partial charge in [0.1, 0.15) is 12.4 Å². The Bertz CT molecular complexity index is 415. The lowest BCUT2D eigenvalue weighted by atomic mass is 10.1. The van der Waals surface area contributed by atoms with Crippen molar-refractivity contribution in [3.8, 4) is 5.75 Å². The molecule has 0 saturated carbocycles. The topological polar surface area (TPSA) is 61.8 Å². The Labute approximate surface area is 120 Å². The van der Waals surface area contributed by atoms with E-state index in [2.05, 4.69) is 11.4 Å². The summed E-state index contributed by atoms with van der Waals surface area (Å²) in [7, 11) is 0. The van der Waals surface area contributed by atoms with Crippen LogP contribution in [-0.4, -0.2) is 48.9 Å². The van der Waals surface area contributed by atoms with Crippen molar-refractivity contribution in [3.63, 3.8) is 0 Å². The number of carbonyl (C=O) groups excluding carboxylic acids is 1. The highest BCUT2D eigenvalue weighted by molar-refractivity contribution is 5.74. The second-order valence-electron chi connectivity index (χ2n) is 4.71. The van der Waals surface area contributed by atoms with Crippen molar-refractivity contribution in [2.24, 2.45) is 0 Å². The fourth-order valence-electron chi connectivity index (χ4n) is 1.98.